The minimum atomic E-state index is -3.42. The Kier molecular flexibility index (Phi) is 6.80. The van der Waals surface area contributed by atoms with Crippen LogP contribution in [0.15, 0.2) is 29.2 Å². The minimum Gasteiger partial charge on any atom is -0.310 e. The van der Waals surface area contributed by atoms with Gasteiger partial charge in [-0.2, -0.15) is 4.31 Å². The van der Waals surface area contributed by atoms with E-state index in [-0.39, 0.29) is 0 Å². The monoisotopic (exact) mass is 313 g/mol. The molecule has 5 nitrogen and oxygen atoms in total. The second kappa shape index (κ2) is 7.89. The van der Waals surface area contributed by atoms with Gasteiger partial charge in [0.05, 0.1) is 4.90 Å². The summed E-state index contributed by atoms with van der Waals surface area (Å²) < 4.78 is 26.4. The second-order valence-electron chi connectivity index (χ2n) is 5.81. The first-order valence-electron chi connectivity index (χ1n) is 7.17. The molecule has 1 aromatic carbocycles. The van der Waals surface area contributed by atoms with Crippen LogP contribution < -0.4 is 5.32 Å². The van der Waals surface area contributed by atoms with E-state index in [4.69, 9.17) is 0 Å². The second-order valence-corrected chi connectivity index (χ2v) is 7.86. The Morgan fingerprint density at radius 1 is 1.14 bits per heavy atom. The molecule has 0 atom stereocenters. The van der Waals surface area contributed by atoms with E-state index in [9.17, 15) is 8.42 Å². The lowest BCUT2D eigenvalue weighted by molar-refractivity contribution is 0.358. The van der Waals surface area contributed by atoms with Crippen LogP contribution in [-0.2, 0) is 16.6 Å². The van der Waals surface area contributed by atoms with Crippen molar-refractivity contribution in [3.8, 4) is 0 Å². The van der Waals surface area contributed by atoms with Crippen molar-refractivity contribution in [3.05, 3.63) is 29.8 Å². The molecule has 0 saturated heterocycles. The molecule has 6 heteroatoms. The highest BCUT2D eigenvalue weighted by Crippen LogP contribution is 2.16. The van der Waals surface area contributed by atoms with Gasteiger partial charge < -0.3 is 10.2 Å². The Balaban J connectivity index is 2.85. The van der Waals surface area contributed by atoms with E-state index in [1.54, 1.807) is 25.2 Å². The number of sulfonamides is 1. The van der Waals surface area contributed by atoms with Crippen LogP contribution in [0, 0.1) is 0 Å². The van der Waals surface area contributed by atoms with Crippen LogP contribution in [-0.4, -0.2) is 57.9 Å². The van der Waals surface area contributed by atoms with E-state index in [0.29, 0.717) is 30.6 Å². The quantitative estimate of drug-likeness (QED) is 0.787. The number of hydrogen-bond donors (Lipinski definition) is 1. The van der Waals surface area contributed by atoms with Crippen molar-refractivity contribution in [1.29, 1.82) is 0 Å². The van der Waals surface area contributed by atoms with Crippen LogP contribution in [0.25, 0.3) is 0 Å². The summed E-state index contributed by atoms with van der Waals surface area (Å²) in [6, 6.07) is 7.50. The first kappa shape index (κ1) is 18.1. The SMILES string of the molecule is CC(C)NCc1cccc(S(=O)(=O)N(C)CCN(C)C)c1. The van der Waals surface area contributed by atoms with Crippen molar-refractivity contribution in [1.82, 2.24) is 14.5 Å². The molecule has 0 heterocycles. The third kappa shape index (κ3) is 5.74. The van der Waals surface area contributed by atoms with Crippen molar-refractivity contribution < 1.29 is 8.42 Å². The normalized spacial score (nSPS) is 12.6. The van der Waals surface area contributed by atoms with Crippen molar-refractivity contribution in [2.24, 2.45) is 0 Å². The maximum absolute atomic E-state index is 12.5. The van der Waals surface area contributed by atoms with Gasteiger partial charge in [0.25, 0.3) is 0 Å². The zero-order valence-corrected chi connectivity index (χ0v) is 14.4. The minimum absolute atomic E-state index is 0.354. The van der Waals surface area contributed by atoms with E-state index in [0.717, 1.165) is 5.56 Å². The molecule has 0 spiro atoms. The van der Waals surface area contributed by atoms with E-state index in [1.807, 2.05) is 25.1 Å². The molecule has 0 aliphatic carbocycles. The zero-order valence-electron chi connectivity index (χ0n) is 13.6. The largest absolute Gasteiger partial charge is 0.310 e. The molecule has 0 fully saturated rings. The van der Waals surface area contributed by atoms with Crippen molar-refractivity contribution in [2.75, 3.05) is 34.2 Å². The van der Waals surface area contributed by atoms with Gasteiger partial charge in [0.1, 0.15) is 0 Å². The molecule has 0 aromatic heterocycles. The number of nitrogens with one attached hydrogen (secondary N) is 1. The van der Waals surface area contributed by atoms with Crippen molar-refractivity contribution >= 4 is 10.0 Å². The summed E-state index contributed by atoms with van der Waals surface area (Å²) in [4.78, 5) is 2.32. The van der Waals surface area contributed by atoms with Gasteiger partial charge in [-0.25, -0.2) is 8.42 Å². The number of rotatable bonds is 8. The third-order valence-electron chi connectivity index (χ3n) is 3.18. The van der Waals surface area contributed by atoms with E-state index in [1.165, 1.54) is 4.31 Å². The average molecular weight is 313 g/mol. The summed E-state index contributed by atoms with van der Waals surface area (Å²) in [6.07, 6.45) is 0. The van der Waals surface area contributed by atoms with Gasteiger partial charge in [0.15, 0.2) is 0 Å². The van der Waals surface area contributed by atoms with Crippen molar-refractivity contribution in [3.63, 3.8) is 0 Å². The zero-order chi connectivity index (χ0) is 16.0. The number of nitrogens with zero attached hydrogens (tertiary/aromatic N) is 2. The summed E-state index contributed by atoms with van der Waals surface area (Å²) in [5, 5.41) is 3.29. The molecule has 0 unspecified atom stereocenters. The fourth-order valence-electron chi connectivity index (χ4n) is 1.78. The molecule has 120 valence electrons. The molecule has 0 bridgehead atoms. The van der Waals surface area contributed by atoms with Crippen LogP contribution in [0.2, 0.25) is 0 Å². The van der Waals surface area contributed by atoms with E-state index in [2.05, 4.69) is 19.2 Å². The van der Waals surface area contributed by atoms with Crippen LogP contribution in [0.1, 0.15) is 19.4 Å². The van der Waals surface area contributed by atoms with Gasteiger partial charge in [-0.05, 0) is 31.8 Å². The molecule has 0 aliphatic rings. The maximum Gasteiger partial charge on any atom is 0.242 e. The van der Waals surface area contributed by atoms with E-state index < -0.39 is 10.0 Å². The number of likely N-dealkylation sites (N-methyl/N-ethyl adjacent to an activating group) is 2. The molecule has 1 rings (SSSR count). The third-order valence-corrected chi connectivity index (χ3v) is 5.04. The summed E-state index contributed by atoms with van der Waals surface area (Å²) >= 11 is 0. The smallest absolute Gasteiger partial charge is 0.242 e. The Labute approximate surface area is 129 Å². The predicted octanol–water partition coefficient (Wildman–Crippen LogP) is 1.37. The molecular formula is C15H27N3O2S. The lowest BCUT2D eigenvalue weighted by atomic mass is 10.2. The Morgan fingerprint density at radius 3 is 2.38 bits per heavy atom. The highest BCUT2D eigenvalue weighted by atomic mass is 32.2. The molecule has 1 aromatic rings. The Morgan fingerprint density at radius 2 is 1.81 bits per heavy atom. The standard InChI is InChI=1S/C15H27N3O2S/c1-13(2)16-12-14-7-6-8-15(11-14)21(19,20)18(5)10-9-17(3)4/h6-8,11,13,16H,9-10,12H2,1-5H3. The molecule has 1 N–H and O–H groups in total. The van der Waals surface area contributed by atoms with Gasteiger partial charge in [-0.15, -0.1) is 0 Å². The Bertz CT molecular complexity index is 542. The van der Waals surface area contributed by atoms with Gasteiger partial charge in [-0.3, -0.25) is 0 Å². The molecular weight excluding hydrogens is 286 g/mol. The summed E-state index contributed by atoms with van der Waals surface area (Å²) in [6.45, 7) is 5.97. The first-order valence-corrected chi connectivity index (χ1v) is 8.61. The molecule has 0 saturated carbocycles. The maximum atomic E-state index is 12.5. The van der Waals surface area contributed by atoms with Gasteiger partial charge >= 0.3 is 0 Å². The van der Waals surface area contributed by atoms with E-state index >= 15 is 0 Å². The fraction of sp³-hybridized carbons (Fsp3) is 0.600. The first-order chi connectivity index (χ1) is 9.73. The lowest BCUT2D eigenvalue weighted by Gasteiger charge is -2.20. The number of benzene rings is 1. The summed E-state index contributed by atoms with van der Waals surface area (Å²) in [7, 11) is 2.06. The van der Waals surface area contributed by atoms with Gasteiger partial charge in [0, 0.05) is 32.7 Å². The van der Waals surface area contributed by atoms with Crippen LogP contribution in [0.5, 0.6) is 0 Å². The average Bonchev–Trinajstić information content (AvgIpc) is 2.42. The molecule has 21 heavy (non-hydrogen) atoms. The fourth-order valence-corrected chi connectivity index (χ4v) is 3.01. The molecule has 0 amide bonds. The topological polar surface area (TPSA) is 52.7 Å². The number of hydrogen-bond acceptors (Lipinski definition) is 4. The van der Waals surface area contributed by atoms with Gasteiger partial charge in [0.2, 0.25) is 10.0 Å². The highest BCUT2D eigenvalue weighted by molar-refractivity contribution is 7.89. The summed E-state index contributed by atoms with van der Waals surface area (Å²) in [5.74, 6) is 0. The van der Waals surface area contributed by atoms with Gasteiger partial charge in [-0.1, -0.05) is 26.0 Å². The van der Waals surface area contributed by atoms with Crippen molar-refractivity contribution in [2.45, 2.75) is 31.3 Å². The lowest BCUT2D eigenvalue weighted by Crippen LogP contribution is -2.33. The molecule has 0 aliphatic heterocycles. The summed E-state index contributed by atoms with van der Waals surface area (Å²) in [5.41, 5.74) is 0.978. The highest BCUT2D eigenvalue weighted by Gasteiger charge is 2.20. The van der Waals surface area contributed by atoms with Crippen LogP contribution >= 0.6 is 0 Å². The predicted molar refractivity (Wildman–Crippen MR) is 86.8 cm³/mol. The van der Waals surface area contributed by atoms with Crippen LogP contribution in [0.4, 0.5) is 0 Å². The Hall–Kier alpha value is -0.950. The van der Waals surface area contributed by atoms with Crippen LogP contribution in [0.3, 0.4) is 0 Å². The molecule has 0 radical (unpaired) electrons.